The summed E-state index contributed by atoms with van der Waals surface area (Å²) < 4.78 is 19.1. The van der Waals surface area contributed by atoms with Crippen molar-refractivity contribution in [2.45, 2.75) is 12.5 Å². The predicted molar refractivity (Wildman–Crippen MR) is 76.3 cm³/mol. The molecule has 3 rings (SSSR count). The minimum Gasteiger partial charge on any atom is -0.455 e. The van der Waals surface area contributed by atoms with Crippen LogP contribution in [0.25, 0.3) is 11.0 Å². The van der Waals surface area contributed by atoms with E-state index in [1.165, 1.54) is 6.07 Å². The maximum atomic E-state index is 13.7. The van der Waals surface area contributed by atoms with Crippen molar-refractivity contribution in [1.29, 1.82) is 0 Å². The second-order valence-electron chi connectivity index (χ2n) is 4.85. The number of para-hydroxylation sites is 1. The van der Waals surface area contributed by atoms with E-state index in [-0.39, 0.29) is 11.3 Å². The topological polar surface area (TPSA) is 33.4 Å². The third-order valence-electron chi connectivity index (χ3n) is 3.36. The highest BCUT2D eigenvalue weighted by molar-refractivity contribution is 6.30. The van der Waals surface area contributed by atoms with Crippen LogP contribution in [0.5, 0.6) is 0 Å². The van der Waals surface area contributed by atoms with Crippen molar-refractivity contribution in [3.05, 3.63) is 70.7 Å². The molecule has 0 aliphatic rings. The third-order valence-corrected chi connectivity index (χ3v) is 3.60. The third kappa shape index (κ3) is 2.09. The van der Waals surface area contributed by atoms with Crippen LogP contribution in [0.15, 0.2) is 52.9 Å². The van der Waals surface area contributed by atoms with Crippen LogP contribution in [0.2, 0.25) is 5.02 Å². The van der Waals surface area contributed by atoms with E-state index in [9.17, 15) is 9.50 Å². The van der Waals surface area contributed by atoms with Gasteiger partial charge in [-0.05, 0) is 36.8 Å². The Balaban J connectivity index is 2.16. The van der Waals surface area contributed by atoms with Crippen LogP contribution in [0.4, 0.5) is 4.39 Å². The molecule has 0 amide bonds. The molecule has 2 aromatic carbocycles. The summed E-state index contributed by atoms with van der Waals surface area (Å²) in [6.45, 7) is 1.59. The molecule has 0 fully saturated rings. The van der Waals surface area contributed by atoms with Gasteiger partial charge in [0.2, 0.25) is 0 Å². The predicted octanol–water partition coefficient (Wildman–Crippen LogP) is 4.48. The summed E-state index contributed by atoms with van der Waals surface area (Å²) in [7, 11) is 0. The molecular formula is C16H12ClFO2. The van der Waals surface area contributed by atoms with Gasteiger partial charge in [-0.2, -0.15) is 0 Å². The number of fused-ring (bicyclic) bond motifs is 1. The molecule has 0 spiro atoms. The molecule has 102 valence electrons. The lowest BCUT2D eigenvalue weighted by Crippen LogP contribution is -2.21. The molecule has 1 atom stereocenters. The Morgan fingerprint density at radius 3 is 2.60 bits per heavy atom. The van der Waals surface area contributed by atoms with Gasteiger partial charge in [0.25, 0.3) is 0 Å². The number of benzene rings is 2. The normalized spacial score (nSPS) is 14.4. The monoisotopic (exact) mass is 290 g/mol. The van der Waals surface area contributed by atoms with E-state index in [4.69, 9.17) is 16.0 Å². The fourth-order valence-electron chi connectivity index (χ4n) is 2.20. The average Bonchev–Trinajstić information content (AvgIpc) is 2.85. The van der Waals surface area contributed by atoms with Gasteiger partial charge in [-0.3, -0.25) is 0 Å². The van der Waals surface area contributed by atoms with Crippen molar-refractivity contribution in [2.24, 2.45) is 0 Å². The molecule has 1 unspecified atom stereocenters. The molecule has 0 aliphatic carbocycles. The summed E-state index contributed by atoms with van der Waals surface area (Å²) in [4.78, 5) is 0. The Morgan fingerprint density at radius 1 is 1.15 bits per heavy atom. The molecule has 0 saturated carbocycles. The summed E-state index contributed by atoms with van der Waals surface area (Å²) in [5, 5.41) is 11.8. The molecular weight excluding hydrogens is 279 g/mol. The van der Waals surface area contributed by atoms with E-state index >= 15 is 0 Å². The summed E-state index contributed by atoms with van der Waals surface area (Å²) in [5.74, 6) is -0.171. The molecule has 1 aromatic heterocycles. The first-order chi connectivity index (χ1) is 9.48. The molecule has 4 heteroatoms. The number of hydrogen-bond acceptors (Lipinski definition) is 2. The van der Waals surface area contributed by atoms with E-state index in [1.807, 2.05) is 0 Å². The Hall–Kier alpha value is -1.84. The van der Waals surface area contributed by atoms with Crippen molar-refractivity contribution in [3.63, 3.8) is 0 Å². The average molecular weight is 291 g/mol. The first kappa shape index (κ1) is 13.2. The Bertz CT molecular complexity index is 777. The van der Waals surface area contributed by atoms with E-state index in [0.29, 0.717) is 16.0 Å². The van der Waals surface area contributed by atoms with Crippen molar-refractivity contribution in [2.75, 3.05) is 0 Å². The minimum absolute atomic E-state index is 0.143. The molecule has 2 nitrogen and oxygen atoms in total. The molecule has 1 N–H and O–H groups in total. The van der Waals surface area contributed by atoms with Gasteiger partial charge < -0.3 is 9.52 Å². The number of aliphatic hydroxyl groups is 1. The largest absolute Gasteiger partial charge is 0.455 e. The molecule has 0 aliphatic heterocycles. The second-order valence-corrected chi connectivity index (χ2v) is 5.29. The Kier molecular flexibility index (Phi) is 3.04. The van der Waals surface area contributed by atoms with E-state index in [0.717, 1.165) is 0 Å². The van der Waals surface area contributed by atoms with Crippen LogP contribution in [-0.4, -0.2) is 5.11 Å². The highest BCUT2D eigenvalue weighted by Crippen LogP contribution is 2.34. The van der Waals surface area contributed by atoms with Crippen molar-refractivity contribution < 1.29 is 13.9 Å². The molecule has 0 radical (unpaired) electrons. The molecule has 3 aromatic rings. The van der Waals surface area contributed by atoms with Crippen molar-refractivity contribution >= 4 is 22.6 Å². The maximum absolute atomic E-state index is 13.7. The van der Waals surface area contributed by atoms with Crippen LogP contribution >= 0.6 is 11.6 Å². The summed E-state index contributed by atoms with van der Waals surface area (Å²) >= 11 is 5.94. The smallest absolute Gasteiger partial charge is 0.170 e. The lowest BCUT2D eigenvalue weighted by Gasteiger charge is -2.21. The zero-order valence-corrected chi connectivity index (χ0v) is 11.5. The number of hydrogen-bond donors (Lipinski definition) is 1. The van der Waals surface area contributed by atoms with Gasteiger partial charge in [-0.1, -0.05) is 35.9 Å². The number of halogens is 2. The Morgan fingerprint density at radius 2 is 1.90 bits per heavy atom. The molecule has 0 bridgehead atoms. The Labute approximate surface area is 120 Å². The maximum Gasteiger partial charge on any atom is 0.170 e. The lowest BCUT2D eigenvalue weighted by molar-refractivity contribution is 0.0784. The van der Waals surface area contributed by atoms with Gasteiger partial charge in [-0.15, -0.1) is 0 Å². The van der Waals surface area contributed by atoms with Crippen LogP contribution in [-0.2, 0) is 5.60 Å². The minimum atomic E-state index is -1.38. The first-order valence-electron chi connectivity index (χ1n) is 6.15. The quantitative estimate of drug-likeness (QED) is 0.755. The molecule has 20 heavy (non-hydrogen) atoms. The van der Waals surface area contributed by atoms with Crippen molar-refractivity contribution in [3.8, 4) is 0 Å². The lowest BCUT2D eigenvalue weighted by atomic mass is 9.93. The van der Waals surface area contributed by atoms with Gasteiger partial charge in [0.1, 0.15) is 11.4 Å². The van der Waals surface area contributed by atoms with Crippen LogP contribution in [0.3, 0.4) is 0 Å². The zero-order chi connectivity index (χ0) is 14.3. The van der Waals surface area contributed by atoms with E-state index in [1.54, 1.807) is 49.4 Å². The first-order valence-corrected chi connectivity index (χ1v) is 6.53. The van der Waals surface area contributed by atoms with Gasteiger partial charge in [-0.25, -0.2) is 4.39 Å². The van der Waals surface area contributed by atoms with Crippen LogP contribution in [0, 0.1) is 5.82 Å². The van der Waals surface area contributed by atoms with Gasteiger partial charge >= 0.3 is 0 Å². The van der Waals surface area contributed by atoms with Crippen LogP contribution in [0.1, 0.15) is 18.2 Å². The van der Waals surface area contributed by atoms with Gasteiger partial charge in [0, 0.05) is 10.4 Å². The van der Waals surface area contributed by atoms with Crippen LogP contribution < -0.4 is 0 Å². The highest BCUT2D eigenvalue weighted by atomic mass is 35.5. The van der Waals surface area contributed by atoms with E-state index in [2.05, 4.69) is 0 Å². The number of furan rings is 1. The van der Waals surface area contributed by atoms with Gasteiger partial charge in [0.05, 0.1) is 0 Å². The summed E-state index contributed by atoms with van der Waals surface area (Å²) in [5.41, 5.74) is -0.648. The van der Waals surface area contributed by atoms with Crippen molar-refractivity contribution in [1.82, 2.24) is 0 Å². The summed E-state index contributed by atoms with van der Waals surface area (Å²) in [6.07, 6.45) is 0. The fraction of sp³-hybridized carbons (Fsp3) is 0.125. The standard InChI is InChI=1S/C16H12ClFO2/c1-16(19,11-5-3-6-12(17)9-11)14-8-10-4-2-7-13(18)15(10)20-14/h2-9,19H,1H3. The fourth-order valence-corrected chi connectivity index (χ4v) is 2.39. The molecule has 1 heterocycles. The number of rotatable bonds is 2. The van der Waals surface area contributed by atoms with E-state index < -0.39 is 11.4 Å². The zero-order valence-electron chi connectivity index (χ0n) is 10.7. The SMILES string of the molecule is CC(O)(c1cccc(Cl)c1)c1cc2cccc(F)c2o1. The summed E-state index contributed by atoms with van der Waals surface area (Å²) in [6, 6.07) is 13.2. The van der Waals surface area contributed by atoms with Gasteiger partial charge in [0.15, 0.2) is 11.4 Å². The second kappa shape index (κ2) is 4.62. The molecule has 0 saturated heterocycles. The highest BCUT2D eigenvalue weighted by Gasteiger charge is 2.30.